The number of amides is 1. The molecule has 0 aliphatic carbocycles. The Balaban J connectivity index is 2.29. The third-order valence-corrected chi connectivity index (χ3v) is 4.60. The number of hydrogen-bond donors (Lipinski definition) is 0. The van der Waals surface area contributed by atoms with E-state index in [1.807, 2.05) is 0 Å². The fourth-order valence-corrected chi connectivity index (χ4v) is 4.11. The van der Waals surface area contributed by atoms with Crippen LogP contribution in [-0.4, -0.2) is 36.6 Å². The molecular formula is C10H10Cl3N3O3S. The van der Waals surface area contributed by atoms with Crippen LogP contribution in [0.5, 0.6) is 0 Å². The summed E-state index contributed by atoms with van der Waals surface area (Å²) in [6.07, 6.45) is 0.0620. The number of halogens is 3. The van der Waals surface area contributed by atoms with E-state index in [2.05, 4.69) is 9.97 Å². The third-order valence-electron chi connectivity index (χ3n) is 2.82. The first-order valence-corrected chi connectivity index (χ1v) is 8.83. The summed E-state index contributed by atoms with van der Waals surface area (Å²) >= 11 is 12.0. The van der Waals surface area contributed by atoms with Crippen molar-refractivity contribution in [3.05, 3.63) is 16.1 Å². The van der Waals surface area contributed by atoms with Crippen molar-refractivity contribution >= 4 is 54.5 Å². The van der Waals surface area contributed by atoms with E-state index in [9.17, 15) is 13.2 Å². The Morgan fingerprint density at radius 1 is 1.30 bits per heavy atom. The predicted octanol–water partition coefficient (Wildman–Crippen LogP) is 2.01. The molecule has 2 rings (SSSR count). The number of rotatable bonds is 3. The number of nitrogens with zero attached hydrogens (tertiary/aromatic N) is 3. The minimum absolute atomic E-state index is 0.0604. The highest BCUT2D eigenvalue weighted by Gasteiger charge is 2.35. The molecule has 1 unspecified atom stereocenters. The average Bonchev–Trinajstić information content (AvgIpc) is 2.55. The molecule has 2 heterocycles. The lowest BCUT2D eigenvalue weighted by Crippen LogP contribution is -2.26. The van der Waals surface area contributed by atoms with E-state index >= 15 is 0 Å². The van der Waals surface area contributed by atoms with Gasteiger partial charge in [-0.25, -0.2) is 18.4 Å². The van der Waals surface area contributed by atoms with Gasteiger partial charge in [-0.15, -0.1) is 0 Å². The molecule has 1 aliphatic rings. The highest BCUT2D eigenvalue weighted by Crippen LogP contribution is 2.35. The molecule has 0 radical (unpaired) electrons. The van der Waals surface area contributed by atoms with Crippen molar-refractivity contribution < 1.29 is 13.2 Å². The maximum atomic E-state index is 12.0. The van der Waals surface area contributed by atoms with Gasteiger partial charge in [0.1, 0.15) is 11.5 Å². The van der Waals surface area contributed by atoms with Gasteiger partial charge in [0, 0.05) is 29.6 Å². The van der Waals surface area contributed by atoms with Crippen molar-refractivity contribution in [1.82, 2.24) is 9.97 Å². The molecule has 1 aromatic heterocycles. The van der Waals surface area contributed by atoms with E-state index in [4.69, 9.17) is 33.9 Å². The van der Waals surface area contributed by atoms with Crippen LogP contribution in [0.15, 0.2) is 0 Å². The van der Waals surface area contributed by atoms with Gasteiger partial charge in [0.2, 0.25) is 15.0 Å². The van der Waals surface area contributed by atoms with Gasteiger partial charge in [0.25, 0.3) is 0 Å². The Hall–Kier alpha value is -0.630. The zero-order chi connectivity index (χ0) is 15.1. The predicted molar refractivity (Wildman–Crippen MR) is 76.9 cm³/mol. The maximum Gasteiger partial charge on any atom is 0.232 e. The minimum atomic E-state index is -3.67. The maximum absolute atomic E-state index is 12.0. The highest BCUT2D eigenvalue weighted by atomic mass is 35.7. The van der Waals surface area contributed by atoms with Crippen molar-refractivity contribution in [3.8, 4) is 0 Å². The van der Waals surface area contributed by atoms with Crippen LogP contribution in [0.25, 0.3) is 0 Å². The molecule has 1 fully saturated rings. The van der Waals surface area contributed by atoms with Crippen LogP contribution in [0.2, 0.25) is 10.3 Å². The second kappa shape index (κ2) is 5.63. The van der Waals surface area contributed by atoms with Crippen molar-refractivity contribution in [2.24, 2.45) is 5.92 Å². The Morgan fingerprint density at radius 2 is 1.85 bits per heavy atom. The van der Waals surface area contributed by atoms with Gasteiger partial charge in [0.05, 0.1) is 5.75 Å². The van der Waals surface area contributed by atoms with Gasteiger partial charge >= 0.3 is 0 Å². The molecule has 1 saturated heterocycles. The lowest BCUT2D eigenvalue weighted by Gasteiger charge is -2.18. The first-order valence-electron chi connectivity index (χ1n) is 5.59. The van der Waals surface area contributed by atoms with E-state index in [1.165, 1.54) is 4.90 Å². The first-order chi connectivity index (χ1) is 9.17. The average molecular weight is 359 g/mol. The zero-order valence-electron chi connectivity index (χ0n) is 10.3. The summed E-state index contributed by atoms with van der Waals surface area (Å²) in [6, 6.07) is 0. The van der Waals surface area contributed by atoms with E-state index in [0.29, 0.717) is 5.82 Å². The minimum Gasteiger partial charge on any atom is -0.307 e. The second-order valence-electron chi connectivity index (χ2n) is 4.48. The van der Waals surface area contributed by atoms with Crippen molar-refractivity contribution in [2.75, 3.05) is 17.2 Å². The van der Waals surface area contributed by atoms with Crippen LogP contribution >= 0.6 is 33.9 Å². The van der Waals surface area contributed by atoms with E-state index in [1.54, 1.807) is 6.92 Å². The lowest BCUT2D eigenvalue weighted by atomic mass is 10.1. The van der Waals surface area contributed by atoms with Gasteiger partial charge in [-0.05, 0) is 6.92 Å². The van der Waals surface area contributed by atoms with E-state index in [-0.39, 0.29) is 40.6 Å². The van der Waals surface area contributed by atoms with Gasteiger partial charge in [-0.3, -0.25) is 4.79 Å². The molecule has 1 aromatic rings. The Kier molecular flexibility index (Phi) is 4.44. The molecule has 110 valence electrons. The summed E-state index contributed by atoms with van der Waals surface area (Å²) in [5, 5.41) is 0.121. The largest absolute Gasteiger partial charge is 0.307 e. The number of aryl methyl sites for hydroxylation is 1. The smallest absolute Gasteiger partial charge is 0.232 e. The summed E-state index contributed by atoms with van der Waals surface area (Å²) < 4.78 is 22.1. The van der Waals surface area contributed by atoms with Gasteiger partial charge in [-0.1, -0.05) is 23.2 Å². The zero-order valence-corrected chi connectivity index (χ0v) is 13.4. The van der Waals surface area contributed by atoms with Gasteiger partial charge in [-0.2, -0.15) is 0 Å². The van der Waals surface area contributed by atoms with Crippen molar-refractivity contribution in [3.63, 3.8) is 0 Å². The quantitative estimate of drug-likeness (QED) is 0.610. The summed E-state index contributed by atoms with van der Waals surface area (Å²) in [5.41, 5.74) is 0.207. The standard InChI is InChI=1S/C10H10Cl3N3O3S/c1-5-14-9(11)8(10(12)15-5)16-3-6(2-7(16)17)4-20(13,18)19/h6H,2-4H2,1H3. The fraction of sp³-hybridized carbons (Fsp3) is 0.500. The summed E-state index contributed by atoms with van der Waals surface area (Å²) in [5.74, 6) is -0.584. The van der Waals surface area contributed by atoms with Crippen LogP contribution in [-0.2, 0) is 13.8 Å². The van der Waals surface area contributed by atoms with Crippen LogP contribution < -0.4 is 4.90 Å². The Morgan fingerprint density at radius 3 is 2.35 bits per heavy atom. The number of carbonyl (C=O) groups is 1. The Labute approximate surface area is 130 Å². The molecule has 1 amide bonds. The summed E-state index contributed by atoms with van der Waals surface area (Å²) in [7, 11) is 1.54. The monoisotopic (exact) mass is 357 g/mol. The molecule has 1 atom stereocenters. The van der Waals surface area contributed by atoms with Crippen LogP contribution in [0.4, 0.5) is 5.69 Å². The van der Waals surface area contributed by atoms with E-state index < -0.39 is 15.0 Å². The van der Waals surface area contributed by atoms with Crippen LogP contribution in [0.3, 0.4) is 0 Å². The van der Waals surface area contributed by atoms with Crippen LogP contribution in [0, 0.1) is 12.8 Å². The number of carbonyl (C=O) groups excluding carboxylic acids is 1. The Bertz CT molecular complexity index is 642. The van der Waals surface area contributed by atoms with Crippen molar-refractivity contribution in [2.45, 2.75) is 13.3 Å². The van der Waals surface area contributed by atoms with E-state index in [0.717, 1.165) is 0 Å². The molecular weight excluding hydrogens is 349 g/mol. The molecule has 10 heteroatoms. The number of aromatic nitrogens is 2. The van der Waals surface area contributed by atoms with Gasteiger partial charge < -0.3 is 4.90 Å². The second-order valence-corrected chi connectivity index (χ2v) is 8.02. The van der Waals surface area contributed by atoms with Crippen LogP contribution in [0.1, 0.15) is 12.2 Å². The van der Waals surface area contributed by atoms with Crippen molar-refractivity contribution in [1.29, 1.82) is 0 Å². The van der Waals surface area contributed by atoms with Gasteiger partial charge in [0.15, 0.2) is 10.3 Å². The molecule has 20 heavy (non-hydrogen) atoms. The molecule has 0 saturated carbocycles. The lowest BCUT2D eigenvalue weighted by molar-refractivity contribution is -0.117. The SMILES string of the molecule is Cc1nc(Cl)c(N2CC(CS(=O)(=O)Cl)CC2=O)c(Cl)n1. The fourth-order valence-electron chi connectivity index (χ4n) is 2.11. The molecule has 0 aromatic carbocycles. The molecule has 0 bridgehead atoms. The summed E-state index contributed by atoms with van der Waals surface area (Å²) in [4.78, 5) is 21.2. The molecule has 0 spiro atoms. The third kappa shape index (κ3) is 3.52. The normalized spacial score (nSPS) is 19.7. The summed E-state index contributed by atoms with van der Waals surface area (Å²) in [6.45, 7) is 1.78. The molecule has 6 nitrogen and oxygen atoms in total. The number of anilines is 1. The molecule has 1 aliphatic heterocycles. The number of hydrogen-bond acceptors (Lipinski definition) is 5. The highest BCUT2D eigenvalue weighted by molar-refractivity contribution is 8.13. The topological polar surface area (TPSA) is 80.2 Å². The molecule has 0 N–H and O–H groups in total. The first kappa shape index (κ1) is 15.8.